The van der Waals surface area contributed by atoms with Gasteiger partial charge in [0.15, 0.2) is 0 Å². The summed E-state index contributed by atoms with van der Waals surface area (Å²) in [5.74, 6) is -0.115. The van der Waals surface area contributed by atoms with Crippen LogP contribution in [-0.4, -0.2) is 20.5 Å². The van der Waals surface area contributed by atoms with Gasteiger partial charge in [0.25, 0.3) is 0 Å². The molecule has 1 aliphatic rings. The molecule has 0 spiro atoms. The van der Waals surface area contributed by atoms with Gasteiger partial charge in [0.05, 0.1) is 18.9 Å². The molecule has 1 aliphatic carbocycles. The lowest BCUT2D eigenvalue weighted by Gasteiger charge is -2.14. The van der Waals surface area contributed by atoms with Crippen molar-refractivity contribution in [2.45, 2.75) is 33.8 Å². The molecule has 26 heavy (non-hydrogen) atoms. The van der Waals surface area contributed by atoms with E-state index in [9.17, 15) is 8.42 Å². The maximum atomic E-state index is 13.2. The van der Waals surface area contributed by atoms with Crippen molar-refractivity contribution in [3.63, 3.8) is 0 Å². The summed E-state index contributed by atoms with van der Waals surface area (Å²) in [6, 6.07) is 6.79. The van der Waals surface area contributed by atoms with E-state index in [4.69, 9.17) is 11.1 Å². The van der Waals surface area contributed by atoms with Crippen LogP contribution in [0.4, 0.5) is 0 Å². The minimum Gasteiger partial charge on any atom is -0.383 e. The molecular weight excluding hydrogens is 384 g/mol. The number of aryl methyl sites for hydroxylation is 1. The third-order valence-electron chi connectivity index (χ3n) is 4.29. The van der Waals surface area contributed by atoms with E-state index in [1.165, 1.54) is 29.2 Å². The Bertz CT molecular complexity index is 1030. The third-order valence-corrected chi connectivity index (χ3v) is 8.62. The van der Waals surface area contributed by atoms with Crippen LogP contribution in [0.3, 0.4) is 0 Å². The van der Waals surface area contributed by atoms with Crippen molar-refractivity contribution in [3.05, 3.63) is 58.5 Å². The fourth-order valence-electron chi connectivity index (χ4n) is 2.89. The Kier molecular flexibility index (Phi) is 5.41. The molecule has 0 saturated heterocycles. The van der Waals surface area contributed by atoms with Crippen LogP contribution in [0.15, 0.2) is 56.5 Å². The van der Waals surface area contributed by atoms with Crippen molar-refractivity contribution < 1.29 is 8.42 Å². The molecule has 0 radical (unpaired) electrons. The molecule has 3 rings (SSSR count). The lowest BCUT2D eigenvalue weighted by Crippen LogP contribution is -2.09. The van der Waals surface area contributed by atoms with Gasteiger partial charge in [0.2, 0.25) is 9.84 Å². The number of hydrogen-bond donors (Lipinski definition) is 2. The fourth-order valence-corrected chi connectivity index (χ4v) is 6.77. The van der Waals surface area contributed by atoms with Crippen LogP contribution in [0, 0.1) is 12.3 Å². The minimum atomic E-state index is -3.68. The number of nitrogens with two attached hydrogens (primary N) is 1. The lowest BCUT2D eigenvalue weighted by molar-refractivity contribution is 0.595. The molecule has 7 heteroatoms. The molecule has 0 amide bonds. The number of sulfone groups is 1. The number of thioether (sulfide) groups is 1. The quantitative estimate of drug-likeness (QED) is 0.432. The van der Waals surface area contributed by atoms with Gasteiger partial charge in [-0.2, -0.15) is 0 Å². The molecule has 1 aromatic heterocycles. The lowest BCUT2D eigenvalue weighted by atomic mass is 9.94. The molecule has 0 bridgehead atoms. The van der Waals surface area contributed by atoms with Gasteiger partial charge < -0.3 is 5.73 Å². The van der Waals surface area contributed by atoms with Crippen LogP contribution in [0.5, 0.6) is 0 Å². The van der Waals surface area contributed by atoms with E-state index in [2.05, 4.69) is 6.08 Å². The predicted molar refractivity (Wildman–Crippen MR) is 110 cm³/mol. The van der Waals surface area contributed by atoms with E-state index in [1.807, 2.05) is 31.4 Å². The van der Waals surface area contributed by atoms with Crippen LogP contribution in [0.1, 0.15) is 28.8 Å². The second-order valence-electron chi connectivity index (χ2n) is 6.02. The maximum absolute atomic E-state index is 13.2. The molecule has 2 aromatic rings. The average Bonchev–Trinajstić information content (AvgIpc) is 3.08. The molecule has 0 fully saturated rings. The molecule has 0 unspecified atom stereocenters. The largest absolute Gasteiger partial charge is 0.383 e. The molecule has 3 N–H and O–H groups in total. The zero-order chi connectivity index (χ0) is 18.9. The number of benzene rings is 1. The summed E-state index contributed by atoms with van der Waals surface area (Å²) in [6.45, 7) is 2.00. The second-order valence-corrected chi connectivity index (χ2v) is 10.1. The second kappa shape index (κ2) is 7.42. The zero-order valence-electron chi connectivity index (χ0n) is 14.6. The van der Waals surface area contributed by atoms with Crippen molar-refractivity contribution in [3.8, 4) is 0 Å². The maximum Gasteiger partial charge on any atom is 0.208 e. The van der Waals surface area contributed by atoms with Gasteiger partial charge in [-0.05, 0) is 60.9 Å². The van der Waals surface area contributed by atoms with Crippen LogP contribution in [0.25, 0.3) is 5.57 Å². The summed E-state index contributed by atoms with van der Waals surface area (Å²) in [5.41, 5.74) is 8.74. The SMILES string of the molecule is CSc1sc(C(=N)N)cc1S(=O)(=O)c1ccc(C)c(C2=CC=CCC2)c1. The standard InChI is InChI=1S/C19H20N2O2S3/c1-12-8-9-14(10-15(12)13-6-4-3-5-7-13)26(22,23)17-11-16(18(20)21)25-19(17)24-2/h3-4,6,8-11H,5,7H2,1-2H3,(H3,20,21). The Balaban J connectivity index is 2.12. The molecule has 136 valence electrons. The Labute approximate surface area is 162 Å². The normalized spacial score (nSPS) is 14.3. The summed E-state index contributed by atoms with van der Waals surface area (Å²) < 4.78 is 27.1. The fraction of sp³-hybridized carbons (Fsp3) is 0.211. The van der Waals surface area contributed by atoms with E-state index >= 15 is 0 Å². The smallest absolute Gasteiger partial charge is 0.208 e. The van der Waals surface area contributed by atoms with E-state index < -0.39 is 9.84 Å². The molecule has 0 saturated carbocycles. The van der Waals surface area contributed by atoms with Crippen molar-refractivity contribution in [1.82, 2.24) is 0 Å². The average molecular weight is 405 g/mol. The van der Waals surface area contributed by atoms with Gasteiger partial charge in [-0.15, -0.1) is 23.1 Å². The first-order valence-corrected chi connectivity index (χ1v) is 11.6. The van der Waals surface area contributed by atoms with Crippen LogP contribution >= 0.6 is 23.1 Å². The highest BCUT2D eigenvalue weighted by Crippen LogP contribution is 2.38. The molecule has 0 aliphatic heterocycles. The molecular formula is C19H20N2O2S3. The van der Waals surface area contributed by atoms with Crippen LogP contribution in [0.2, 0.25) is 0 Å². The minimum absolute atomic E-state index is 0.115. The number of hydrogen-bond acceptors (Lipinski definition) is 5. The highest BCUT2D eigenvalue weighted by atomic mass is 32.2. The first-order valence-electron chi connectivity index (χ1n) is 8.08. The summed E-state index contributed by atoms with van der Waals surface area (Å²) >= 11 is 2.60. The Morgan fingerprint density at radius 3 is 2.69 bits per heavy atom. The predicted octanol–water partition coefficient (Wildman–Crippen LogP) is 4.63. The Hall–Kier alpha value is -1.83. The number of rotatable bonds is 5. The van der Waals surface area contributed by atoms with E-state index in [0.29, 0.717) is 9.09 Å². The van der Waals surface area contributed by atoms with E-state index in [-0.39, 0.29) is 15.6 Å². The number of thiophene rings is 1. The summed E-state index contributed by atoms with van der Waals surface area (Å²) in [5, 5.41) is 7.60. The molecule has 1 heterocycles. The Morgan fingerprint density at radius 1 is 1.31 bits per heavy atom. The number of amidine groups is 1. The first kappa shape index (κ1) is 18.9. The van der Waals surface area contributed by atoms with Gasteiger partial charge >= 0.3 is 0 Å². The van der Waals surface area contributed by atoms with Gasteiger partial charge in [-0.25, -0.2) is 8.42 Å². The van der Waals surface area contributed by atoms with Crippen molar-refractivity contribution in [1.29, 1.82) is 5.41 Å². The van der Waals surface area contributed by atoms with Gasteiger partial charge in [-0.3, -0.25) is 5.41 Å². The number of nitrogens with one attached hydrogen (secondary N) is 1. The van der Waals surface area contributed by atoms with Crippen molar-refractivity contribution in [2.75, 3.05) is 6.26 Å². The summed E-state index contributed by atoms with van der Waals surface area (Å²) in [6.07, 6.45) is 9.87. The number of nitrogen functional groups attached to an aromatic ring is 1. The van der Waals surface area contributed by atoms with Crippen molar-refractivity contribution in [2.24, 2.45) is 5.73 Å². The molecule has 0 atom stereocenters. The Morgan fingerprint density at radius 2 is 2.08 bits per heavy atom. The first-order chi connectivity index (χ1) is 12.3. The van der Waals surface area contributed by atoms with Crippen molar-refractivity contribution >= 4 is 44.3 Å². The highest BCUT2D eigenvalue weighted by Gasteiger charge is 2.25. The number of allylic oxidation sites excluding steroid dienone is 4. The zero-order valence-corrected chi connectivity index (χ0v) is 17.0. The molecule has 4 nitrogen and oxygen atoms in total. The van der Waals surface area contributed by atoms with Gasteiger partial charge in [0, 0.05) is 0 Å². The monoisotopic (exact) mass is 404 g/mol. The van der Waals surface area contributed by atoms with E-state index in [1.54, 1.807) is 12.1 Å². The highest BCUT2D eigenvalue weighted by molar-refractivity contribution is 8.01. The molecule has 1 aromatic carbocycles. The van der Waals surface area contributed by atoms with E-state index in [0.717, 1.165) is 29.5 Å². The summed E-state index contributed by atoms with van der Waals surface area (Å²) in [7, 11) is -3.68. The van der Waals surface area contributed by atoms with Crippen LogP contribution < -0.4 is 5.73 Å². The van der Waals surface area contributed by atoms with Gasteiger partial charge in [-0.1, -0.05) is 24.3 Å². The third kappa shape index (κ3) is 3.51. The van der Waals surface area contributed by atoms with Gasteiger partial charge in [0.1, 0.15) is 5.84 Å². The summed E-state index contributed by atoms with van der Waals surface area (Å²) in [4.78, 5) is 0.977. The van der Waals surface area contributed by atoms with Crippen LogP contribution in [-0.2, 0) is 9.84 Å². The topological polar surface area (TPSA) is 84.0 Å².